The van der Waals surface area contributed by atoms with Gasteiger partial charge in [-0.1, -0.05) is 6.42 Å². The molecule has 3 aromatic rings. The van der Waals surface area contributed by atoms with Gasteiger partial charge in [-0.2, -0.15) is 0 Å². The van der Waals surface area contributed by atoms with E-state index in [1.807, 2.05) is 6.07 Å². The Morgan fingerprint density at radius 2 is 1.91 bits per heavy atom. The molecule has 3 aliphatic heterocycles. The number of carbonyl (C=O) groups excluding carboxylic acids is 1. The lowest BCUT2D eigenvalue weighted by Crippen LogP contribution is -2.62. The standard InChI is InChI=1S/C33H38FN7O3/c1-43-27-10-8-24(28(38-27)20-5-6-20)25-15-22(34)7-9-26(25)44-31-30(36-19-37-39-31)41-17-33(18-41)11-13-40(14-12-33)32(42)29-23-4-2-3-21(23)16-35-29/h7-10,15,19-21,23,29,35H,2-6,11-14,16-18H2,1H3/t21-,23-,29-/m0/s1. The van der Waals surface area contributed by atoms with Gasteiger partial charge in [0.1, 0.15) is 17.9 Å². The van der Waals surface area contributed by atoms with Gasteiger partial charge in [-0.3, -0.25) is 4.79 Å². The van der Waals surface area contributed by atoms with E-state index in [0.717, 1.165) is 69.7 Å². The van der Waals surface area contributed by atoms with Crippen molar-refractivity contribution in [1.82, 2.24) is 30.4 Å². The second-order valence-electron chi connectivity index (χ2n) is 13.3. The highest BCUT2D eigenvalue weighted by molar-refractivity contribution is 5.83. The number of halogens is 1. The Balaban J connectivity index is 0.970. The Labute approximate surface area is 256 Å². The van der Waals surface area contributed by atoms with Crippen LogP contribution in [0.25, 0.3) is 11.1 Å². The topological polar surface area (TPSA) is 106 Å². The van der Waals surface area contributed by atoms with Crippen LogP contribution in [0.4, 0.5) is 10.2 Å². The average Bonchev–Trinajstić information content (AvgIpc) is 3.65. The van der Waals surface area contributed by atoms with E-state index >= 15 is 0 Å². The molecule has 1 aromatic carbocycles. The van der Waals surface area contributed by atoms with Gasteiger partial charge in [0, 0.05) is 54.7 Å². The van der Waals surface area contributed by atoms with Crippen LogP contribution in [0, 0.1) is 23.1 Å². The Kier molecular flexibility index (Phi) is 6.88. The zero-order valence-electron chi connectivity index (χ0n) is 25.0. The summed E-state index contributed by atoms with van der Waals surface area (Å²) in [6, 6.07) is 8.21. The zero-order valence-corrected chi connectivity index (χ0v) is 25.0. The molecule has 5 aliphatic rings. The van der Waals surface area contributed by atoms with Gasteiger partial charge in [0.2, 0.25) is 11.8 Å². The summed E-state index contributed by atoms with van der Waals surface area (Å²) in [5.41, 5.74) is 2.46. The molecular weight excluding hydrogens is 561 g/mol. The zero-order chi connectivity index (χ0) is 29.8. The first-order valence-electron chi connectivity index (χ1n) is 16.0. The van der Waals surface area contributed by atoms with Crippen LogP contribution >= 0.6 is 0 Å². The number of ether oxygens (including phenoxy) is 2. The van der Waals surface area contributed by atoms with Crippen LogP contribution < -0.4 is 19.7 Å². The number of nitrogens with one attached hydrogen (secondary N) is 1. The van der Waals surface area contributed by atoms with E-state index in [4.69, 9.17) is 14.5 Å². The number of carbonyl (C=O) groups is 1. The molecule has 1 N–H and O–H groups in total. The van der Waals surface area contributed by atoms with E-state index in [1.165, 1.54) is 37.7 Å². The van der Waals surface area contributed by atoms with Crippen molar-refractivity contribution in [3.05, 3.63) is 48.2 Å². The number of benzene rings is 1. The van der Waals surface area contributed by atoms with Crippen molar-refractivity contribution in [1.29, 1.82) is 0 Å². The van der Waals surface area contributed by atoms with Gasteiger partial charge < -0.3 is 24.6 Å². The van der Waals surface area contributed by atoms with E-state index < -0.39 is 0 Å². The molecular formula is C33H38FN7O3. The number of aromatic nitrogens is 4. The predicted molar refractivity (Wildman–Crippen MR) is 161 cm³/mol. The third-order valence-electron chi connectivity index (χ3n) is 10.6. The average molecular weight is 600 g/mol. The number of likely N-dealkylation sites (tertiary alicyclic amines) is 1. The summed E-state index contributed by atoms with van der Waals surface area (Å²) in [5.74, 6) is 3.37. The number of nitrogens with zero attached hydrogens (tertiary/aromatic N) is 6. The molecule has 2 aromatic heterocycles. The number of hydrogen-bond acceptors (Lipinski definition) is 9. The van der Waals surface area contributed by atoms with Crippen molar-refractivity contribution >= 4 is 11.7 Å². The van der Waals surface area contributed by atoms with E-state index in [2.05, 4.69) is 30.3 Å². The molecule has 0 radical (unpaired) electrons. The van der Waals surface area contributed by atoms with Crippen molar-refractivity contribution in [3.8, 4) is 28.6 Å². The molecule has 8 rings (SSSR count). The number of hydrogen-bond donors (Lipinski definition) is 1. The molecule has 1 spiro atoms. The molecule has 5 fully saturated rings. The number of piperidine rings is 1. The van der Waals surface area contributed by atoms with E-state index in [0.29, 0.717) is 46.7 Å². The summed E-state index contributed by atoms with van der Waals surface area (Å²) < 4.78 is 26.3. The number of fused-ring (bicyclic) bond motifs is 1. The Morgan fingerprint density at radius 1 is 1.07 bits per heavy atom. The van der Waals surface area contributed by atoms with Gasteiger partial charge >= 0.3 is 0 Å². The smallest absolute Gasteiger partial charge is 0.282 e. The van der Waals surface area contributed by atoms with Crippen LogP contribution in [0.2, 0.25) is 0 Å². The number of pyridine rings is 1. The number of methoxy groups -OCH3 is 1. The predicted octanol–water partition coefficient (Wildman–Crippen LogP) is 4.57. The fourth-order valence-electron chi connectivity index (χ4n) is 8.00. The maximum Gasteiger partial charge on any atom is 0.282 e. The third-order valence-corrected chi connectivity index (χ3v) is 10.6. The van der Waals surface area contributed by atoms with Gasteiger partial charge in [-0.25, -0.2) is 14.4 Å². The van der Waals surface area contributed by atoms with Crippen LogP contribution in [0.5, 0.6) is 17.5 Å². The van der Waals surface area contributed by atoms with Crippen LogP contribution in [0.1, 0.15) is 56.6 Å². The first-order valence-corrected chi connectivity index (χ1v) is 16.0. The minimum atomic E-state index is -0.358. The van der Waals surface area contributed by atoms with Crippen LogP contribution in [-0.4, -0.2) is 76.8 Å². The summed E-state index contributed by atoms with van der Waals surface area (Å²) in [5, 5.41) is 11.8. The summed E-state index contributed by atoms with van der Waals surface area (Å²) >= 11 is 0. The van der Waals surface area contributed by atoms with Gasteiger partial charge in [0.25, 0.3) is 5.88 Å². The molecule has 1 amide bonds. The van der Waals surface area contributed by atoms with Crippen molar-refractivity contribution < 1.29 is 18.7 Å². The monoisotopic (exact) mass is 599 g/mol. The van der Waals surface area contributed by atoms with Crippen molar-refractivity contribution in [2.75, 3.05) is 44.7 Å². The highest BCUT2D eigenvalue weighted by Gasteiger charge is 2.49. The molecule has 2 aliphatic carbocycles. The van der Waals surface area contributed by atoms with Gasteiger partial charge in [-0.05, 0) is 81.2 Å². The quantitative estimate of drug-likeness (QED) is 0.418. The maximum atomic E-state index is 14.6. The maximum absolute atomic E-state index is 14.6. The van der Waals surface area contributed by atoms with Gasteiger partial charge in [0.05, 0.1) is 18.8 Å². The lowest BCUT2D eigenvalue weighted by Gasteiger charge is -2.54. The molecule has 44 heavy (non-hydrogen) atoms. The van der Waals surface area contributed by atoms with Crippen LogP contribution in [0.3, 0.4) is 0 Å². The van der Waals surface area contributed by atoms with Crippen molar-refractivity contribution in [3.63, 3.8) is 0 Å². The Bertz CT molecular complexity index is 1570. The Morgan fingerprint density at radius 3 is 2.70 bits per heavy atom. The molecule has 230 valence electrons. The van der Waals surface area contributed by atoms with E-state index in [-0.39, 0.29) is 23.2 Å². The molecule has 3 atom stereocenters. The molecule has 0 bridgehead atoms. The minimum absolute atomic E-state index is 0.00615. The first kappa shape index (κ1) is 27.7. The number of rotatable bonds is 7. The first-order chi connectivity index (χ1) is 21.5. The minimum Gasteiger partial charge on any atom is -0.481 e. The van der Waals surface area contributed by atoms with Crippen molar-refractivity contribution in [2.24, 2.45) is 17.3 Å². The summed E-state index contributed by atoms with van der Waals surface area (Å²) in [7, 11) is 1.60. The normalized spacial score (nSPS) is 25.5. The lowest BCUT2D eigenvalue weighted by atomic mass is 9.72. The fourth-order valence-corrected chi connectivity index (χ4v) is 8.00. The van der Waals surface area contributed by atoms with Crippen molar-refractivity contribution in [2.45, 2.75) is 56.9 Å². The molecule has 0 unspecified atom stereocenters. The molecule has 5 heterocycles. The number of anilines is 1. The third kappa shape index (κ3) is 4.95. The van der Waals surface area contributed by atoms with Gasteiger partial charge in [0.15, 0.2) is 5.82 Å². The molecule has 10 nitrogen and oxygen atoms in total. The molecule has 3 saturated heterocycles. The fraction of sp³-hybridized carbons (Fsp3) is 0.545. The van der Waals surface area contributed by atoms with E-state index in [1.54, 1.807) is 19.2 Å². The summed E-state index contributed by atoms with van der Waals surface area (Å²) in [6.07, 6.45) is 9.15. The van der Waals surface area contributed by atoms with E-state index in [9.17, 15) is 9.18 Å². The second-order valence-corrected chi connectivity index (χ2v) is 13.3. The van der Waals surface area contributed by atoms with Crippen LogP contribution in [-0.2, 0) is 4.79 Å². The molecule has 2 saturated carbocycles. The second kappa shape index (κ2) is 10.9. The lowest BCUT2D eigenvalue weighted by molar-refractivity contribution is -0.136. The van der Waals surface area contributed by atoms with Gasteiger partial charge in [-0.15, -0.1) is 10.2 Å². The highest BCUT2D eigenvalue weighted by atomic mass is 19.1. The summed E-state index contributed by atoms with van der Waals surface area (Å²) in [6.45, 7) is 4.22. The highest BCUT2D eigenvalue weighted by Crippen LogP contribution is 2.48. The summed E-state index contributed by atoms with van der Waals surface area (Å²) in [4.78, 5) is 26.9. The largest absolute Gasteiger partial charge is 0.481 e. The molecule has 11 heteroatoms. The van der Waals surface area contributed by atoms with Crippen LogP contribution in [0.15, 0.2) is 36.7 Å². The Hall–Kier alpha value is -3.86. The number of amides is 1. The SMILES string of the molecule is COc1ccc(-c2cc(F)ccc2Oc2nncnc2N2CC3(CCN(C(=O)[C@H]4NC[C@@H]5CCC[C@@H]54)CC3)C2)c(C2CC2)n1.